The van der Waals surface area contributed by atoms with Crippen LogP contribution >= 0.6 is 0 Å². The topological polar surface area (TPSA) is 137 Å². The summed E-state index contributed by atoms with van der Waals surface area (Å²) in [6.07, 6.45) is 1.07. The molecule has 0 unspecified atom stereocenters. The molecule has 0 atom stereocenters. The van der Waals surface area contributed by atoms with Crippen molar-refractivity contribution < 1.29 is 27.5 Å². The van der Waals surface area contributed by atoms with E-state index in [-0.39, 0.29) is 18.4 Å². The van der Waals surface area contributed by atoms with Gasteiger partial charge >= 0.3 is 5.97 Å². The van der Waals surface area contributed by atoms with E-state index in [0.29, 0.717) is 65.6 Å². The van der Waals surface area contributed by atoms with E-state index >= 15 is 0 Å². The Labute approximate surface area is 244 Å². The molecule has 2 amide bonds. The Hall–Kier alpha value is -4.68. The van der Waals surface area contributed by atoms with Gasteiger partial charge in [-0.1, -0.05) is 36.4 Å². The van der Waals surface area contributed by atoms with Crippen LogP contribution in [0.1, 0.15) is 21.5 Å². The summed E-state index contributed by atoms with van der Waals surface area (Å²) in [4.78, 5) is 39.8. The molecule has 2 aliphatic rings. The molecule has 0 saturated carbocycles. The van der Waals surface area contributed by atoms with Crippen molar-refractivity contribution in [3.8, 4) is 0 Å². The highest BCUT2D eigenvalue weighted by molar-refractivity contribution is 7.92. The van der Waals surface area contributed by atoms with Gasteiger partial charge in [-0.15, -0.1) is 0 Å². The average Bonchev–Trinajstić information content (AvgIpc) is 3.33. The number of ether oxygens (including phenoxy) is 1. The number of sulfonamides is 1. The first-order chi connectivity index (χ1) is 20.2. The van der Waals surface area contributed by atoms with E-state index < -0.39 is 16.0 Å². The van der Waals surface area contributed by atoms with E-state index in [4.69, 9.17) is 4.74 Å². The fourth-order valence-corrected chi connectivity index (χ4v) is 5.79. The smallest absolute Gasteiger partial charge is 0.337 e. The number of anilines is 3. The van der Waals surface area contributed by atoms with Crippen molar-refractivity contribution in [2.75, 3.05) is 61.0 Å². The van der Waals surface area contributed by atoms with Crippen molar-refractivity contribution >= 4 is 56.1 Å². The number of fused-ring (bicyclic) bond motifs is 1. The van der Waals surface area contributed by atoms with Crippen molar-refractivity contribution in [2.24, 2.45) is 0 Å². The molecule has 3 aromatic rings. The third-order valence-corrected chi connectivity index (χ3v) is 8.21. The third-order valence-electron chi connectivity index (χ3n) is 7.07. The molecule has 2 heterocycles. The Morgan fingerprint density at radius 1 is 0.976 bits per heavy atom. The predicted octanol–water partition coefficient (Wildman–Crippen LogP) is 2.60. The van der Waals surface area contributed by atoms with Crippen LogP contribution in [0.3, 0.4) is 0 Å². The fraction of sp³-hybridized carbons (Fsp3) is 0.233. The molecule has 42 heavy (non-hydrogen) atoms. The first kappa shape index (κ1) is 28.8. The molecule has 0 aliphatic carbocycles. The maximum Gasteiger partial charge on any atom is 0.337 e. The van der Waals surface area contributed by atoms with E-state index in [9.17, 15) is 22.8 Å². The fourth-order valence-electron chi connectivity index (χ4n) is 4.94. The lowest BCUT2D eigenvalue weighted by Crippen LogP contribution is -2.50. The number of nitrogens with zero attached hydrogens (tertiary/aromatic N) is 2. The van der Waals surface area contributed by atoms with Crippen molar-refractivity contribution in [3.05, 3.63) is 89.5 Å². The maximum absolute atomic E-state index is 13.2. The molecule has 3 N–H and O–H groups in total. The number of methoxy groups -OCH3 is 1. The number of hydrogen-bond acceptors (Lipinski definition) is 8. The number of hydrogen-bond donors (Lipinski definition) is 3. The number of piperazine rings is 1. The Morgan fingerprint density at radius 2 is 1.67 bits per heavy atom. The first-order valence-electron chi connectivity index (χ1n) is 13.3. The van der Waals surface area contributed by atoms with Gasteiger partial charge in [0.05, 0.1) is 41.6 Å². The van der Waals surface area contributed by atoms with Gasteiger partial charge in [0.15, 0.2) is 0 Å². The van der Waals surface area contributed by atoms with Gasteiger partial charge in [-0.25, -0.2) is 13.2 Å². The Bertz CT molecular complexity index is 1650. The molecule has 1 saturated heterocycles. The summed E-state index contributed by atoms with van der Waals surface area (Å²) in [7, 11) is -2.45. The number of esters is 1. The molecule has 0 radical (unpaired) electrons. The zero-order chi connectivity index (χ0) is 29.9. The maximum atomic E-state index is 13.2. The number of benzene rings is 3. The highest BCUT2D eigenvalue weighted by Crippen LogP contribution is 2.38. The Morgan fingerprint density at radius 3 is 2.31 bits per heavy atom. The molecule has 218 valence electrons. The number of carbonyl (C=O) groups is 3. The Balaban J connectivity index is 1.47. The van der Waals surface area contributed by atoms with Crippen molar-refractivity contribution in [1.29, 1.82) is 0 Å². The molecule has 1 fully saturated rings. The summed E-state index contributed by atoms with van der Waals surface area (Å²) >= 11 is 0. The standard InChI is InChI=1S/C30H31N5O6S/c1-41-30(38)21-8-13-24-25(18-21)33-29(37)27(24)28(20-6-4-3-5-7-20)32-22-9-11-23(12-10-22)35(42(2,39)40)19-26(36)34-16-14-31-15-17-34/h3-13,18,31-32H,14-17,19H2,1-2H3,(H,33,37)/b28-27-. The SMILES string of the molecule is COC(=O)c1ccc2c(c1)NC(=O)/C2=C(\Nc1ccc(N(CC(=O)N2CCNCC2)S(C)(=O)=O)cc1)c1ccccc1. The van der Waals surface area contributed by atoms with Gasteiger partial charge in [0.1, 0.15) is 6.54 Å². The van der Waals surface area contributed by atoms with Gasteiger partial charge in [0.25, 0.3) is 5.91 Å². The van der Waals surface area contributed by atoms with Gasteiger partial charge in [-0.3, -0.25) is 13.9 Å². The number of nitrogens with one attached hydrogen (secondary N) is 3. The monoisotopic (exact) mass is 589 g/mol. The van der Waals surface area contributed by atoms with Crippen LogP contribution in [-0.2, 0) is 24.3 Å². The van der Waals surface area contributed by atoms with E-state index in [0.717, 1.165) is 16.1 Å². The quantitative estimate of drug-likeness (QED) is 0.270. The molecule has 0 bridgehead atoms. The van der Waals surface area contributed by atoms with Gasteiger partial charge in [0, 0.05) is 37.4 Å². The summed E-state index contributed by atoms with van der Waals surface area (Å²) in [6, 6.07) is 20.8. The van der Waals surface area contributed by atoms with E-state index in [1.54, 1.807) is 47.4 Å². The normalized spacial score (nSPS) is 15.9. The van der Waals surface area contributed by atoms with Crippen LogP contribution in [0, 0.1) is 0 Å². The van der Waals surface area contributed by atoms with Crippen molar-refractivity contribution in [2.45, 2.75) is 0 Å². The number of amides is 2. The van der Waals surface area contributed by atoms with Crippen LogP contribution in [0.2, 0.25) is 0 Å². The van der Waals surface area contributed by atoms with Gasteiger partial charge in [-0.05, 0) is 42.0 Å². The summed E-state index contributed by atoms with van der Waals surface area (Å²) in [5.74, 6) is -1.12. The van der Waals surface area contributed by atoms with Crippen LogP contribution in [0.15, 0.2) is 72.8 Å². The molecular formula is C30H31N5O6S. The summed E-state index contributed by atoms with van der Waals surface area (Å²) in [5.41, 5.74) is 4.02. The number of rotatable bonds is 8. The lowest BCUT2D eigenvalue weighted by atomic mass is 9.99. The van der Waals surface area contributed by atoms with Crippen LogP contribution in [0.25, 0.3) is 11.3 Å². The van der Waals surface area contributed by atoms with Crippen LogP contribution in [0.5, 0.6) is 0 Å². The van der Waals surface area contributed by atoms with Gasteiger partial charge < -0.3 is 25.6 Å². The lowest BCUT2D eigenvalue weighted by Gasteiger charge is -2.30. The van der Waals surface area contributed by atoms with Crippen LogP contribution in [-0.4, -0.2) is 77.2 Å². The largest absolute Gasteiger partial charge is 0.465 e. The molecule has 3 aromatic carbocycles. The highest BCUT2D eigenvalue weighted by atomic mass is 32.2. The molecule has 2 aliphatic heterocycles. The molecule has 11 nitrogen and oxygen atoms in total. The summed E-state index contributed by atoms with van der Waals surface area (Å²) in [6.45, 7) is 2.08. The Kier molecular flexibility index (Phi) is 8.27. The minimum atomic E-state index is -3.74. The zero-order valence-corrected chi connectivity index (χ0v) is 24.0. The second-order valence-electron chi connectivity index (χ2n) is 9.89. The van der Waals surface area contributed by atoms with Crippen molar-refractivity contribution in [3.63, 3.8) is 0 Å². The van der Waals surface area contributed by atoms with E-state index in [1.807, 2.05) is 30.3 Å². The van der Waals surface area contributed by atoms with E-state index in [2.05, 4.69) is 16.0 Å². The van der Waals surface area contributed by atoms with E-state index in [1.165, 1.54) is 7.11 Å². The molecule has 0 spiro atoms. The summed E-state index contributed by atoms with van der Waals surface area (Å²) in [5, 5.41) is 9.34. The van der Waals surface area contributed by atoms with Gasteiger partial charge in [0.2, 0.25) is 15.9 Å². The molecule has 12 heteroatoms. The lowest BCUT2D eigenvalue weighted by molar-refractivity contribution is -0.130. The van der Waals surface area contributed by atoms with Crippen LogP contribution < -0.4 is 20.3 Å². The molecular weight excluding hydrogens is 558 g/mol. The second kappa shape index (κ2) is 12.0. The third kappa shape index (κ3) is 6.14. The molecule has 0 aromatic heterocycles. The second-order valence-corrected chi connectivity index (χ2v) is 11.8. The van der Waals surface area contributed by atoms with Crippen LogP contribution in [0.4, 0.5) is 17.1 Å². The number of carbonyl (C=O) groups excluding carboxylic acids is 3. The summed E-state index contributed by atoms with van der Waals surface area (Å²) < 4.78 is 31.2. The first-order valence-corrected chi connectivity index (χ1v) is 15.2. The predicted molar refractivity (Wildman–Crippen MR) is 161 cm³/mol. The minimum Gasteiger partial charge on any atom is -0.465 e. The van der Waals surface area contributed by atoms with Gasteiger partial charge in [-0.2, -0.15) is 0 Å². The average molecular weight is 590 g/mol. The zero-order valence-electron chi connectivity index (χ0n) is 23.2. The molecule has 5 rings (SSSR count). The minimum absolute atomic E-state index is 0.263. The highest BCUT2D eigenvalue weighted by Gasteiger charge is 2.30. The van der Waals surface area contributed by atoms with Crippen molar-refractivity contribution in [1.82, 2.24) is 10.2 Å².